The van der Waals surface area contributed by atoms with E-state index in [4.69, 9.17) is 15.0 Å². The van der Waals surface area contributed by atoms with Gasteiger partial charge in [0.25, 0.3) is 6.02 Å². The lowest BCUT2D eigenvalue weighted by molar-refractivity contribution is 0.215. The Kier molecular flexibility index (Phi) is 3.87. The molecule has 1 aliphatic heterocycles. The number of halogens is 1. The number of benzene rings is 1. The van der Waals surface area contributed by atoms with Crippen molar-refractivity contribution in [2.45, 2.75) is 18.9 Å². The molecule has 0 radical (unpaired) electrons. The van der Waals surface area contributed by atoms with E-state index in [1.807, 2.05) is 6.92 Å². The molecule has 0 aliphatic carbocycles. The summed E-state index contributed by atoms with van der Waals surface area (Å²) < 4.78 is 25.1. The van der Waals surface area contributed by atoms with Crippen LogP contribution in [0.15, 0.2) is 52.4 Å². The Morgan fingerprint density at radius 2 is 2.08 bits per heavy atom. The van der Waals surface area contributed by atoms with Crippen molar-refractivity contribution >= 4 is 6.02 Å². The number of hydrogen-bond acceptors (Lipinski definition) is 7. The molecule has 4 rings (SSSR count). The van der Waals surface area contributed by atoms with Gasteiger partial charge in [-0.05, 0) is 31.2 Å². The fourth-order valence-corrected chi connectivity index (χ4v) is 2.95. The van der Waals surface area contributed by atoms with Crippen molar-refractivity contribution in [1.29, 1.82) is 0 Å². The number of aliphatic imine (C=N–C) groups is 1. The van der Waals surface area contributed by atoms with Crippen molar-refractivity contribution in [3.8, 4) is 22.7 Å². The van der Waals surface area contributed by atoms with Crippen LogP contribution in [0.25, 0.3) is 22.7 Å². The molecular weight excluding hydrogens is 337 g/mol. The topological polar surface area (TPSA) is 99.4 Å². The summed E-state index contributed by atoms with van der Waals surface area (Å²) in [7, 11) is 0. The lowest BCUT2D eigenvalue weighted by Gasteiger charge is -2.30. The molecule has 0 saturated heterocycles. The van der Waals surface area contributed by atoms with Crippen molar-refractivity contribution in [3.63, 3.8) is 0 Å². The van der Waals surface area contributed by atoms with Gasteiger partial charge in [-0.1, -0.05) is 5.16 Å². The van der Waals surface area contributed by atoms with Crippen LogP contribution in [0.2, 0.25) is 0 Å². The predicted molar refractivity (Wildman–Crippen MR) is 92.5 cm³/mol. The molecule has 1 aromatic carbocycles. The van der Waals surface area contributed by atoms with Crippen LogP contribution in [0.4, 0.5) is 4.39 Å². The van der Waals surface area contributed by atoms with E-state index in [2.05, 4.69) is 20.1 Å². The molecule has 0 amide bonds. The van der Waals surface area contributed by atoms with Gasteiger partial charge in [0.05, 0.1) is 17.8 Å². The van der Waals surface area contributed by atoms with Crippen LogP contribution < -0.4 is 5.73 Å². The van der Waals surface area contributed by atoms with Gasteiger partial charge in [0, 0.05) is 29.8 Å². The number of nitrogens with zero attached hydrogens (tertiary/aromatic N) is 4. The van der Waals surface area contributed by atoms with Crippen LogP contribution >= 0.6 is 0 Å². The lowest BCUT2D eigenvalue weighted by atomic mass is 9.87. The first kappa shape index (κ1) is 16.2. The van der Waals surface area contributed by atoms with E-state index in [-0.39, 0.29) is 11.8 Å². The Bertz CT molecular complexity index is 973. The maximum Gasteiger partial charge on any atom is 0.282 e. The summed E-state index contributed by atoms with van der Waals surface area (Å²) in [4.78, 5) is 12.3. The summed E-state index contributed by atoms with van der Waals surface area (Å²) >= 11 is 0. The van der Waals surface area contributed by atoms with Crippen molar-refractivity contribution in [2.75, 3.05) is 6.61 Å². The molecule has 0 saturated carbocycles. The molecule has 26 heavy (non-hydrogen) atoms. The third-order valence-electron chi connectivity index (χ3n) is 4.38. The highest BCUT2D eigenvalue weighted by atomic mass is 19.1. The summed E-state index contributed by atoms with van der Waals surface area (Å²) in [6, 6.07) is 8.29. The Balaban J connectivity index is 1.73. The molecule has 0 spiro atoms. The molecule has 3 aromatic rings. The largest absolute Gasteiger partial charge is 0.465 e. The van der Waals surface area contributed by atoms with Crippen molar-refractivity contribution in [1.82, 2.24) is 15.1 Å². The van der Waals surface area contributed by atoms with Gasteiger partial charge in [-0.25, -0.2) is 19.4 Å². The van der Waals surface area contributed by atoms with Gasteiger partial charge >= 0.3 is 0 Å². The summed E-state index contributed by atoms with van der Waals surface area (Å²) in [6.45, 7) is 2.22. The van der Waals surface area contributed by atoms with Gasteiger partial charge in [-0.3, -0.25) is 0 Å². The molecule has 7 nitrogen and oxygen atoms in total. The molecule has 0 bridgehead atoms. The monoisotopic (exact) mass is 353 g/mol. The lowest BCUT2D eigenvalue weighted by Crippen LogP contribution is -2.34. The molecule has 1 aliphatic rings. The standard InChI is InChI=1S/C18H16FN5O2/c1-18(5-7-25-17(20)23-18)12-8-11(2-3-13(12)19)16-9-15(24-26-16)14-4-6-21-10-22-14/h2-4,6,8-10H,5,7H2,1H3,(H2,20,23)/t18-/m0/s1. The van der Waals surface area contributed by atoms with Crippen LogP contribution in [0.1, 0.15) is 18.9 Å². The number of aromatic nitrogens is 3. The van der Waals surface area contributed by atoms with Gasteiger partial charge in [-0.15, -0.1) is 0 Å². The second-order valence-electron chi connectivity index (χ2n) is 6.19. The van der Waals surface area contributed by atoms with Gasteiger partial charge in [0.15, 0.2) is 5.76 Å². The smallest absolute Gasteiger partial charge is 0.282 e. The van der Waals surface area contributed by atoms with Crippen molar-refractivity contribution in [2.24, 2.45) is 10.7 Å². The number of amidine groups is 1. The SMILES string of the molecule is C[C@@]1(c2cc(-c3cc(-c4ccncn4)no3)ccc2F)CCOC(N)=N1. The van der Waals surface area contributed by atoms with Crippen molar-refractivity contribution in [3.05, 3.63) is 54.2 Å². The average molecular weight is 353 g/mol. The minimum atomic E-state index is -0.794. The third-order valence-corrected chi connectivity index (χ3v) is 4.38. The fraction of sp³-hybridized carbons (Fsp3) is 0.222. The number of nitrogens with two attached hydrogens (primary N) is 1. The zero-order chi connectivity index (χ0) is 18.1. The summed E-state index contributed by atoms with van der Waals surface area (Å²) in [5.74, 6) is 0.151. The van der Waals surface area contributed by atoms with E-state index in [1.54, 1.807) is 30.5 Å². The predicted octanol–water partition coefficient (Wildman–Crippen LogP) is 2.89. The van der Waals surface area contributed by atoms with Crippen LogP contribution in [0.3, 0.4) is 0 Å². The number of rotatable bonds is 3. The molecule has 0 fully saturated rings. The molecule has 0 unspecified atom stereocenters. The van der Waals surface area contributed by atoms with E-state index >= 15 is 0 Å². The molecule has 1 atom stereocenters. The van der Waals surface area contributed by atoms with E-state index in [0.29, 0.717) is 41.3 Å². The maximum absolute atomic E-state index is 14.5. The maximum atomic E-state index is 14.5. The first-order valence-electron chi connectivity index (χ1n) is 8.07. The van der Waals surface area contributed by atoms with E-state index < -0.39 is 5.54 Å². The second kappa shape index (κ2) is 6.21. The van der Waals surface area contributed by atoms with Gasteiger partial charge in [0.1, 0.15) is 17.8 Å². The highest BCUT2D eigenvalue weighted by molar-refractivity contribution is 5.73. The average Bonchev–Trinajstić information content (AvgIpc) is 3.13. The number of hydrogen-bond donors (Lipinski definition) is 1. The second-order valence-corrected chi connectivity index (χ2v) is 6.19. The zero-order valence-corrected chi connectivity index (χ0v) is 14.0. The summed E-state index contributed by atoms with van der Waals surface area (Å²) in [5.41, 5.74) is 7.23. The Hall–Kier alpha value is -3.29. The van der Waals surface area contributed by atoms with E-state index in [0.717, 1.165) is 0 Å². The fourth-order valence-electron chi connectivity index (χ4n) is 2.95. The Labute approximate surface area is 148 Å². The molecule has 2 N–H and O–H groups in total. The van der Waals surface area contributed by atoms with Gasteiger partial charge < -0.3 is 15.0 Å². The summed E-state index contributed by atoms with van der Waals surface area (Å²) in [6.07, 6.45) is 3.59. The Morgan fingerprint density at radius 1 is 1.19 bits per heavy atom. The van der Waals surface area contributed by atoms with Crippen molar-refractivity contribution < 1.29 is 13.7 Å². The normalized spacial score (nSPS) is 19.7. The third kappa shape index (κ3) is 2.90. The quantitative estimate of drug-likeness (QED) is 0.777. The van der Waals surface area contributed by atoms with Crippen LogP contribution in [-0.4, -0.2) is 27.8 Å². The molecule has 132 valence electrons. The van der Waals surface area contributed by atoms with Crippen LogP contribution in [-0.2, 0) is 10.3 Å². The highest BCUT2D eigenvalue weighted by Gasteiger charge is 2.33. The van der Waals surface area contributed by atoms with Crippen LogP contribution in [0, 0.1) is 5.82 Å². The minimum absolute atomic E-state index is 0.0641. The molecule has 2 aromatic heterocycles. The Morgan fingerprint density at radius 3 is 2.85 bits per heavy atom. The molecular formula is C18H16FN5O2. The molecule has 3 heterocycles. The van der Waals surface area contributed by atoms with Gasteiger partial charge in [-0.2, -0.15) is 0 Å². The van der Waals surface area contributed by atoms with E-state index in [9.17, 15) is 4.39 Å². The molecule has 8 heteroatoms. The zero-order valence-electron chi connectivity index (χ0n) is 14.0. The number of ether oxygens (including phenoxy) is 1. The summed E-state index contributed by atoms with van der Waals surface area (Å²) in [5, 5.41) is 4.03. The van der Waals surface area contributed by atoms with Crippen LogP contribution in [0.5, 0.6) is 0 Å². The first-order chi connectivity index (χ1) is 12.5. The first-order valence-corrected chi connectivity index (χ1v) is 8.07. The van der Waals surface area contributed by atoms with E-state index in [1.165, 1.54) is 12.4 Å². The van der Waals surface area contributed by atoms with Gasteiger partial charge in [0.2, 0.25) is 0 Å². The highest BCUT2D eigenvalue weighted by Crippen LogP contribution is 2.36. The minimum Gasteiger partial charge on any atom is -0.465 e.